The Morgan fingerprint density at radius 3 is 2.50 bits per heavy atom. The van der Waals surface area contributed by atoms with E-state index < -0.39 is 21.0 Å². The van der Waals surface area contributed by atoms with Crippen molar-refractivity contribution in [2.75, 3.05) is 0 Å². The fraction of sp³-hybridized carbons (Fsp3) is 0.105. The lowest BCUT2D eigenvalue weighted by Gasteiger charge is -2.08. The van der Waals surface area contributed by atoms with Gasteiger partial charge < -0.3 is 4.74 Å². The maximum Gasteiger partial charge on any atom is 0.364 e. The fourth-order valence-corrected chi connectivity index (χ4v) is 4.03. The number of rotatable bonds is 5. The van der Waals surface area contributed by atoms with Gasteiger partial charge in [0.25, 0.3) is 0 Å². The van der Waals surface area contributed by atoms with Crippen LogP contribution in [0.15, 0.2) is 64.4 Å². The van der Waals surface area contributed by atoms with Gasteiger partial charge in [-0.15, -0.1) is 0 Å². The molecule has 6 nitrogen and oxygen atoms in total. The van der Waals surface area contributed by atoms with Crippen molar-refractivity contribution < 1.29 is 17.9 Å². The number of halogens is 2. The van der Waals surface area contributed by atoms with Crippen LogP contribution in [0.2, 0.25) is 5.02 Å². The second-order valence-corrected chi connectivity index (χ2v) is 9.06. The van der Waals surface area contributed by atoms with Crippen molar-refractivity contribution in [1.82, 2.24) is 9.97 Å². The number of esters is 1. The number of aromatic nitrogens is 2. The third kappa shape index (κ3) is 4.76. The Morgan fingerprint density at radius 2 is 1.82 bits per heavy atom. The summed E-state index contributed by atoms with van der Waals surface area (Å²) in [5, 5.41) is -0.595. The van der Waals surface area contributed by atoms with Gasteiger partial charge in [0.2, 0.25) is 15.0 Å². The van der Waals surface area contributed by atoms with Gasteiger partial charge in [-0.2, -0.15) is 0 Å². The number of sulfone groups is 1. The highest BCUT2D eigenvalue weighted by Gasteiger charge is 2.24. The Morgan fingerprint density at radius 1 is 1.14 bits per heavy atom. The predicted octanol–water partition coefficient (Wildman–Crippen LogP) is 4.39. The van der Waals surface area contributed by atoms with E-state index >= 15 is 0 Å². The lowest BCUT2D eigenvalue weighted by molar-refractivity contribution is 0.0726. The van der Waals surface area contributed by atoms with Crippen LogP contribution in [0.5, 0.6) is 5.75 Å². The number of ether oxygens (including phenoxy) is 1. The Kier molecular flexibility index (Phi) is 6.12. The largest absolute Gasteiger partial charge is 0.421 e. The van der Waals surface area contributed by atoms with Crippen molar-refractivity contribution in [3.8, 4) is 5.75 Å². The van der Waals surface area contributed by atoms with E-state index in [-0.39, 0.29) is 22.2 Å². The quantitative estimate of drug-likeness (QED) is 0.305. The first-order chi connectivity index (χ1) is 13.3. The molecular formula is C19H14BrClN2O4S. The van der Waals surface area contributed by atoms with Crippen molar-refractivity contribution in [3.05, 3.63) is 81.0 Å². The number of nitrogens with zero attached hydrogens (tertiary/aromatic N) is 2. The van der Waals surface area contributed by atoms with Crippen molar-refractivity contribution in [1.29, 1.82) is 0 Å². The van der Waals surface area contributed by atoms with Crippen LogP contribution in [0, 0.1) is 6.92 Å². The molecule has 0 unspecified atom stereocenters. The molecule has 0 atom stereocenters. The predicted molar refractivity (Wildman–Crippen MR) is 108 cm³/mol. The average molecular weight is 482 g/mol. The molecule has 0 radical (unpaired) electrons. The third-order valence-electron chi connectivity index (χ3n) is 3.71. The molecule has 0 saturated carbocycles. The number of hydrogen-bond acceptors (Lipinski definition) is 6. The number of benzene rings is 2. The molecule has 2 aromatic carbocycles. The summed E-state index contributed by atoms with van der Waals surface area (Å²) in [5.74, 6) is -0.925. The van der Waals surface area contributed by atoms with Gasteiger partial charge >= 0.3 is 5.97 Å². The summed E-state index contributed by atoms with van der Waals surface area (Å²) < 4.78 is 31.1. The zero-order valence-electron chi connectivity index (χ0n) is 14.6. The molecule has 0 spiro atoms. The molecule has 0 saturated heterocycles. The van der Waals surface area contributed by atoms with E-state index in [1.54, 1.807) is 36.4 Å². The maximum atomic E-state index is 12.7. The molecule has 1 aromatic heterocycles. The molecule has 0 fully saturated rings. The summed E-state index contributed by atoms with van der Waals surface area (Å²) in [6.07, 6.45) is 1.08. The van der Waals surface area contributed by atoms with Gasteiger partial charge in [0, 0.05) is 0 Å². The molecule has 0 bridgehead atoms. The van der Waals surface area contributed by atoms with Gasteiger partial charge in [0.05, 0.1) is 21.4 Å². The molecule has 0 aliphatic heterocycles. The van der Waals surface area contributed by atoms with E-state index in [2.05, 4.69) is 25.9 Å². The highest BCUT2D eigenvalue weighted by molar-refractivity contribution is 9.10. The molecule has 0 aliphatic rings. The Hall–Kier alpha value is -2.29. The summed E-state index contributed by atoms with van der Waals surface area (Å²) in [4.78, 5) is 20.1. The third-order valence-corrected chi connectivity index (χ3v) is 6.11. The Balaban J connectivity index is 1.89. The molecule has 0 aliphatic carbocycles. The van der Waals surface area contributed by atoms with Crippen LogP contribution >= 0.6 is 27.5 Å². The van der Waals surface area contributed by atoms with Crippen LogP contribution in [0.3, 0.4) is 0 Å². The normalized spacial score (nSPS) is 11.2. The molecule has 0 amide bonds. The number of para-hydroxylation sites is 1. The zero-order chi connectivity index (χ0) is 20.3. The summed E-state index contributed by atoms with van der Waals surface area (Å²) >= 11 is 9.26. The van der Waals surface area contributed by atoms with E-state index in [1.165, 1.54) is 0 Å². The van der Waals surface area contributed by atoms with Crippen LogP contribution in [0.25, 0.3) is 0 Å². The number of aryl methyl sites for hydroxylation is 1. The van der Waals surface area contributed by atoms with Gasteiger partial charge in [0.1, 0.15) is 5.75 Å². The van der Waals surface area contributed by atoms with Crippen LogP contribution in [0.1, 0.15) is 21.6 Å². The van der Waals surface area contributed by atoms with Gasteiger partial charge in [-0.1, -0.05) is 53.6 Å². The number of carbonyl (C=O) groups excluding carboxylic acids is 1. The van der Waals surface area contributed by atoms with Crippen molar-refractivity contribution in [2.24, 2.45) is 0 Å². The minimum Gasteiger partial charge on any atom is -0.421 e. The molecular weight excluding hydrogens is 468 g/mol. The second-order valence-electron chi connectivity index (χ2n) is 5.91. The van der Waals surface area contributed by atoms with Gasteiger partial charge in [-0.3, -0.25) is 0 Å². The number of hydrogen-bond donors (Lipinski definition) is 0. The second kappa shape index (κ2) is 8.38. The van der Waals surface area contributed by atoms with Gasteiger partial charge in [0.15, 0.2) is 5.69 Å². The monoisotopic (exact) mass is 480 g/mol. The standard InChI is InChI=1S/C19H14BrClN2O4S/c1-12-6-8-13(9-7-12)11-28(25,26)19-22-10-15(21)17(23-19)18(24)27-16-5-3-2-4-14(16)20/h2-10H,11H2,1H3. The van der Waals surface area contributed by atoms with Crippen molar-refractivity contribution in [3.63, 3.8) is 0 Å². The first-order valence-electron chi connectivity index (χ1n) is 8.04. The van der Waals surface area contributed by atoms with Crippen molar-refractivity contribution >= 4 is 43.3 Å². The van der Waals surface area contributed by atoms with E-state index in [0.29, 0.717) is 10.0 Å². The van der Waals surface area contributed by atoms with Crippen LogP contribution in [0.4, 0.5) is 0 Å². The Labute approximate surface area is 175 Å². The minimum absolute atomic E-state index is 0.105. The molecule has 28 heavy (non-hydrogen) atoms. The smallest absolute Gasteiger partial charge is 0.364 e. The average Bonchev–Trinajstić information content (AvgIpc) is 2.65. The molecule has 1 heterocycles. The van der Waals surface area contributed by atoms with Crippen LogP contribution in [-0.2, 0) is 15.6 Å². The highest BCUT2D eigenvalue weighted by atomic mass is 79.9. The molecule has 9 heteroatoms. The fourth-order valence-electron chi connectivity index (χ4n) is 2.29. The first-order valence-corrected chi connectivity index (χ1v) is 10.9. The topological polar surface area (TPSA) is 86.2 Å². The summed E-state index contributed by atoms with van der Waals surface area (Å²) in [7, 11) is -3.88. The van der Waals surface area contributed by atoms with E-state index in [1.807, 2.05) is 19.1 Å². The van der Waals surface area contributed by atoms with E-state index in [4.69, 9.17) is 16.3 Å². The van der Waals surface area contributed by atoms with Crippen LogP contribution < -0.4 is 4.74 Å². The van der Waals surface area contributed by atoms with Crippen molar-refractivity contribution in [2.45, 2.75) is 17.8 Å². The Bertz CT molecular complexity index is 1130. The molecule has 0 N–H and O–H groups in total. The maximum absolute atomic E-state index is 12.7. The highest BCUT2D eigenvalue weighted by Crippen LogP contribution is 2.26. The number of carbonyl (C=O) groups is 1. The zero-order valence-corrected chi connectivity index (χ0v) is 17.8. The van der Waals surface area contributed by atoms with Gasteiger partial charge in [-0.25, -0.2) is 23.2 Å². The summed E-state index contributed by atoms with van der Waals surface area (Å²) in [6, 6.07) is 13.8. The SMILES string of the molecule is Cc1ccc(CS(=O)(=O)c2ncc(Cl)c(C(=O)Oc3ccccc3Br)n2)cc1. The molecule has 3 aromatic rings. The first kappa shape index (κ1) is 20.4. The summed E-state index contributed by atoms with van der Waals surface area (Å²) in [5.41, 5.74) is 1.28. The lowest BCUT2D eigenvalue weighted by atomic mass is 10.2. The molecule has 3 rings (SSSR count). The minimum atomic E-state index is -3.88. The lowest BCUT2D eigenvalue weighted by Crippen LogP contribution is -2.16. The van der Waals surface area contributed by atoms with Gasteiger partial charge in [-0.05, 0) is 40.5 Å². The van der Waals surface area contributed by atoms with E-state index in [9.17, 15) is 13.2 Å². The summed E-state index contributed by atoms with van der Waals surface area (Å²) in [6.45, 7) is 1.91. The van der Waals surface area contributed by atoms with E-state index in [0.717, 1.165) is 11.8 Å². The molecule has 144 valence electrons. The van der Waals surface area contributed by atoms with Crippen LogP contribution in [-0.4, -0.2) is 24.4 Å².